The van der Waals surface area contributed by atoms with Gasteiger partial charge in [0.1, 0.15) is 17.5 Å². The third-order valence-corrected chi connectivity index (χ3v) is 7.39. The van der Waals surface area contributed by atoms with Gasteiger partial charge in [0.05, 0.1) is 27.4 Å². The van der Waals surface area contributed by atoms with Gasteiger partial charge in [-0.05, 0) is 31.2 Å². The average molecular weight is 478 g/mol. The van der Waals surface area contributed by atoms with Crippen LogP contribution in [-0.2, 0) is 17.1 Å². The number of amides is 1. The van der Waals surface area contributed by atoms with Crippen LogP contribution >= 0.6 is 34.9 Å². The van der Waals surface area contributed by atoms with Gasteiger partial charge in [0.2, 0.25) is 5.91 Å². The molecular formula is C20H17F2N5OS3. The SMILES string of the molecule is CCn1c(CSc2nc3ccccc3s2)nnc1SCC(=O)Nc1ccc(F)cc1F. The second-order valence-electron chi connectivity index (χ2n) is 6.34. The van der Waals surface area contributed by atoms with E-state index in [1.165, 1.54) is 17.8 Å². The smallest absolute Gasteiger partial charge is 0.234 e. The van der Waals surface area contributed by atoms with Crippen molar-refractivity contribution in [1.82, 2.24) is 19.7 Å². The first-order chi connectivity index (χ1) is 15.0. The van der Waals surface area contributed by atoms with Gasteiger partial charge in [-0.3, -0.25) is 4.79 Å². The minimum Gasteiger partial charge on any atom is -0.323 e. The lowest BCUT2D eigenvalue weighted by Crippen LogP contribution is -2.15. The van der Waals surface area contributed by atoms with E-state index < -0.39 is 17.5 Å². The summed E-state index contributed by atoms with van der Waals surface area (Å²) in [6.45, 7) is 2.63. The van der Waals surface area contributed by atoms with Gasteiger partial charge < -0.3 is 9.88 Å². The van der Waals surface area contributed by atoms with Crippen LogP contribution < -0.4 is 5.32 Å². The average Bonchev–Trinajstić information content (AvgIpc) is 3.35. The highest BCUT2D eigenvalue weighted by molar-refractivity contribution is 8.00. The molecule has 31 heavy (non-hydrogen) atoms. The Morgan fingerprint density at radius 3 is 2.77 bits per heavy atom. The summed E-state index contributed by atoms with van der Waals surface area (Å²) in [5, 5.41) is 11.5. The zero-order chi connectivity index (χ0) is 21.8. The van der Waals surface area contributed by atoms with E-state index in [1.807, 2.05) is 35.8 Å². The summed E-state index contributed by atoms with van der Waals surface area (Å²) in [6, 6.07) is 11.0. The summed E-state index contributed by atoms with van der Waals surface area (Å²) in [7, 11) is 0. The number of thioether (sulfide) groups is 2. The Hall–Kier alpha value is -2.50. The van der Waals surface area contributed by atoms with Crippen LogP contribution in [0.5, 0.6) is 0 Å². The quantitative estimate of drug-likeness (QED) is 0.351. The van der Waals surface area contributed by atoms with Gasteiger partial charge in [0.25, 0.3) is 0 Å². The van der Waals surface area contributed by atoms with Crippen LogP contribution in [0.1, 0.15) is 12.7 Å². The van der Waals surface area contributed by atoms with Gasteiger partial charge in [0.15, 0.2) is 9.50 Å². The molecule has 2 aromatic carbocycles. The molecule has 160 valence electrons. The minimum atomic E-state index is -0.816. The molecule has 1 N–H and O–H groups in total. The second-order valence-corrected chi connectivity index (χ2v) is 9.54. The Morgan fingerprint density at radius 2 is 2.00 bits per heavy atom. The van der Waals surface area contributed by atoms with Crippen molar-refractivity contribution in [3.05, 3.63) is 59.9 Å². The Morgan fingerprint density at radius 1 is 1.16 bits per heavy atom. The van der Waals surface area contributed by atoms with Crippen molar-refractivity contribution in [2.45, 2.75) is 28.7 Å². The van der Waals surface area contributed by atoms with Crippen molar-refractivity contribution < 1.29 is 13.6 Å². The zero-order valence-corrected chi connectivity index (χ0v) is 18.8. The van der Waals surface area contributed by atoms with Gasteiger partial charge in [0, 0.05) is 12.6 Å². The van der Waals surface area contributed by atoms with Crippen molar-refractivity contribution in [3.63, 3.8) is 0 Å². The molecule has 0 radical (unpaired) electrons. The first kappa shape index (κ1) is 21.7. The van der Waals surface area contributed by atoms with Crippen LogP contribution in [0.4, 0.5) is 14.5 Å². The van der Waals surface area contributed by atoms with Gasteiger partial charge in [-0.25, -0.2) is 13.8 Å². The maximum absolute atomic E-state index is 13.7. The summed E-state index contributed by atoms with van der Waals surface area (Å²) < 4.78 is 30.7. The third-order valence-electron chi connectivity index (χ3n) is 4.25. The standard InChI is InChI=1S/C20H17F2N5OS3/c1-2-27-17(10-30-20-24-15-5-3-4-6-16(15)31-20)25-26-19(27)29-11-18(28)23-14-8-7-12(21)9-13(14)22/h3-9H,2,10-11H2,1H3,(H,23,28). The van der Waals surface area contributed by atoms with E-state index in [2.05, 4.69) is 20.5 Å². The molecule has 2 heterocycles. The highest BCUT2D eigenvalue weighted by Crippen LogP contribution is 2.31. The van der Waals surface area contributed by atoms with E-state index in [9.17, 15) is 13.6 Å². The van der Waals surface area contributed by atoms with E-state index in [4.69, 9.17) is 0 Å². The van der Waals surface area contributed by atoms with E-state index in [0.717, 1.165) is 32.5 Å². The molecule has 4 aromatic rings. The maximum atomic E-state index is 13.7. The molecular weight excluding hydrogens is 460 g/mol. The molecule has 0 saturated carbocycles. The molecule has 2 aromatic heterocycles. The molecule has 0 aliphatic carbocycles. The fourth-order valence-corrected chi connectivity index (χ4v) is 5.63. The number of hydrogen-bond donors (Lipinski definition) is 1. The first-order valence-electron chi connectivity index (χ1n) is 9.31. The largest absolute Gasteiger partial charge is 0.323 e. The molecule has 0 aliphatic heterocycles. The molecule has 0 atom stereocenters. The summed E-state index contributed by atoms with van der Waals surface area (Å²) in [5.74, 6) is -0.499. The number of hydrogen-bond acceptors (Lipinski definition) is 7. The number of para-hydroxylation sites is 1. The van der Waals surface area contributed by atoms with Crippen molar-refractivity contribution in [2.75, 3.05) is 11.1 Å². The van der Waals surface area contributed by atoms with E-state index in [-0.39, 0.29) is 11.4 Å². The Kier molecular flexibility index (Phi) is 6.83. The predicted octanol–water partition coefficient (Wildman–Crippen LogP) is 5.21. The molecule has 4 rings (SSSR count). The lowest BCUT2D eigenvalue weighted by atomic mass is 10.3. The zero-order valence-electron chi connectivity index (χ0n) is 16.3. The molecule has 0 spiro atoms. The number of aromatic nitrogens is 4. The van der Waals surface area contributed by atoms with Crippen LogP contribution in [0.2, 0.25) is 0 Å². The van der Waals surface area contributed by atoms with Crippen molar-refractivity contribution in [3.8, 4) is 0 Å². The topological polar surface area (TPSA) is 72.7 Å². The molecule has 0 fully saturated rings. The van der Waals surface area contributed by atoms with Gasteiger partial charge in [-0.15, -0.1) is 21.5 Å². The molecule has 0 bridgehead atoms. The Labute approximate surface area is 189 Å². The fourth-order valence-electron chi connectivity index (χ4n) is 2.80. The van der Waals surface area contributed by atoms with Crippen molar-refractivity contribution >= 4 is 56.7 Å². The number of carbonyl (C=O) groups excluding carboxylic acids is 1. The lowest BCUT2D eigenvalue weighted by Gasteiger charge is -2.08. The van der Waals surface area contributed by atoms with Crippen molar-refractivity contribution in [2.24, 2.45) is 0 Å². The number of thiazole rings is 1. The number of anilines is 1. The summed E-state index contributed by atoms with van der Waals surface area (Å²) in [6.07, 6.45) is 0. The van der Waals surface area contributed by atoms with Crippen LogP contribution in [0.3, 0.4) is 0 Å². The molecule has 0 aliphatic rings. The fraction of sp³-hybridized carbons (Fsp3) is 0.200. The normalized spacial score (nSPS) is 11.2. The number of carbonyl (C=O) groups is 1. The second kappa shape index (κ2) is 9.75. The number of halogens is 2. The molecule has 6 nitrogen and oxygen atoms in total. The minimum absolute atomic E-state index is 0.0277. The maximum Gasteiger partial charge on any atom is 0.234 e. The Balaban J connectivity index is 1.36. The van der Waals surface area contributed by atoms with Crippen LogP contribution in [-0.4, -0.2) is 31.4 Å². The van der Waals surface area contributed by atoms with E-state index in [1.54, 1.807) is 23.1 Å². The Bertz CT molecular complexity index is 1190. The van der Waals surface area contributed by atoms with Crippen LogP contribution in [0, 0.1) is 11.6 Å². The summed E-state index contributed by atoms with van der Waals surface area (Å²) in [4.78, 5) is 16.8. The monoisotopic (exact) mass is 477 g/mol. The van der Waals surface area contributed by atoms with E-state index in [0.29, 0.717) is 17.5 Å². The van der Waals surface area contributed by atoms with Crippen LogP contribution in [0.15, 0.2) is 52.0 Å². The highest BCUT2D eigenvalue weighted by Gasteiger charge is 2.15. The summed E-state index contributed by atoms with van der Waals surface area (Å²) >= 11 is 4.44. The molecule has 0 saturated heterocycles. The van der Waals surface area contributed by atoms with E-state index >= 15 is 0 Å². The predicted molar refractivity (Wildman–Crippen MR) is 121 cm³/mol. The third kappa shape index (κ3) is 5.23. The number of fused-ring (bicyclic) bond motifs is 1. The summed E-state index contributed by atoms with van der Waals surface area (Å²) in [5.41, 5.74) is 0.920. The van der Waals surface area contributed by atoms with Gasteiger partial charge >= 0.3 is 0 Å². The lowest BCUT2D eigenvalue weighted by molar-refractivity contribution is -0.113. The number of benzene rings is 2. The van der Waals surface area contributed by atoms with Gasteiger partial charge in [-0.2, -0.15) is 0 Å². The molecule has 0 unspecified atom stereocenters. The number of nitrogens with one attached hydrogen (secondary N) is 1. The highest BCUT2D eigenvalue weighted by atomic mass is 32.2. The molecule has 1 amide bonds. The number of nitrogens with zero attached hydrogens (tertiary/aromatic N) is 4. The molecule has 11 heteroatoms. The van der Waals surface area contributed by atoms with Gasteiger partial charge in [-0.1, -0.05) is 35.7 Å². The van der Waals surface area contributed by atoms with Crippen molar-refractivity contribution in [1.29, 1.82) is 0 Å². The first-order valence-corrected chi connectivity index (χ1v) is 12.1. The number of rotatable bonds is 8. The van der Waals surface area contributed by atoms with Crippen LogP contribution in [0.25, 0.3) is 10.2 Å².